The number of nitrogens with zero attached hydrogens (tertiary/aromatic N) is 3. The molecule has 3 aliphatic rings. The SMILES string of the molecule is CC1=C(N2CCC(C(=O)N(CC3CC3)c3ccc(Cl)cc3)CC2)N=Cc2ccccc2CC1. The Hall–Kier alpha value is -2.59. The molecule has 172 valence electrons. The van der Waals surface area contributed by atoms with Gasteiger partial charge in [-0.1, -0.05) is 35.9 Å². The second-order valence-corrected chi connectivity index (χ2v) is 10.1. The lowest BCUT2D eigenvalue weighted by Crippen LogP contribution is -2.43. The van der Waals surface area contributed by atoms with Gasteiger partial charge in [0.2, 0.25) is 5.91 Å². The molecule has 4 nitrogen and oxygen atoms in total. The molecule has 2 fully saturated rings. The average molecular weight is 462 g/mol. The first kappa shape index (κ1) is 22.2. The third-order valence-corrected chi connectivity index (χ3v) is 7.47. The molecule has 0 N–H and O–H groups in total. The highest BCUT2D eigenvalue weighted by Crippen LogP contribution is 2.34. The molecule has 2 aliphatic heterocycles. The second kappa shape index (κ2) is 9.72. The van der Waals surface area contributed by atoms with Gasteiger partial charge in [-0.15, -0.1) is 0 Å². The fourth-order valence-electron chi connectivity index (χ4n) is 4.98. The van der Waals surface area contributed by atoms with Gasteiger partial charge in [-0.25, -0.2) is 4.99 Å². The minimum Gasteiger partial charge on any atom is -0.357 e. The van der Waals surface area contributed by atoms with Gasteiger partial charge in [-0.05, 0) is 92.3 Å². The van der Waals surface area contributed by atoms with E-state index in [0.717, 1.165) is 56.8 Å². The Morgan fingerprint density at radius 3 is 2.48 bits per heavy atom. The Bertz CT molecular complexity index is 1060. The van der Waals surface area contributed by atoms with Crippen molar-refractivity contribution < 1.29 is 4.79 Å². The van der Waals surface area contributed by atoms with Gasteiger partial charge in [-0.2, -0.15) is 0 Å². The van der Waals surface area contributed by atoms with Gasteiger partial charge in [0, 0.05) is 42.5 Å². The van der Waals surface area contributed by atoms with Crippen molar-refractivity contribution in [1.29, 1.82) is 0 Å². The number of carbonyl (C=O) groups excluding carboxylic acids is 1. The maximum Gasteiger partial charge on any atom is 0.230 e. The van der Waals surface area contributed by atoms with E-state index in [1.807, 2.05) is 35.4 Å². The van der Waals surface area contributed by atoms with Crippen molar-refractivity contribution in [3.63, 3.8) is 0 Å². The van der Waals surface area contributed by atoms with Gasteiger partial charge in [0.15, 0.2) is 0 Å². The Kier molecular flexibility index (Phi) is 6.55. The smallest absolute Gasteiger partial charge is 0.230 e. The molecule has 33 heavy (non-hydrogen) atoms. The summed E-state index contributed by atoms with van der Waals surface area (Å²) in [4.78, 5) is 22.9. The van der Waals surface area contributed by atoms with Crippen molar-refractivity contribution in [3.05, 3.63) is 76.1 Å². The maximum atomic E-state index is 13.6. The molecule has 5 heteroatoms. The highest BCUT2D eigenvalue weighted by Gasteiger charge is 2.33. The lowest BCUT2D eigenvalue weighted by molar-refractivity contribution is -0.123. The maximum absolute atomic E-state index is 13.6. The van der Waals surface area contributed by atoms with Crippen LogP contribution in [0.15, 0.2) is 64.9 Å². The molecule has 0 bridgehead atoms. The predicted molar refractivity (Wildman–Crippen MR) is 136 cm³/mol. The molecule has 0 aromatic heterocycles. The van der Waals surface area contributed by atoms with Crippen molar-refractivity contribution in [2.75, 3.05) is 24.5 Å². The molecule has 1 aliphatic carbocycles. The largest absolute Gasteiger partial charge is 0.357 e. The van der Waals surface area contributed by atoms with Gasteiger partial charge < -0.3 is 9.80 Å². The van der Waals surface area contributed by atoms with Crippen molar-refractivity contribution in [1.82, 2.24) is 4.90 Å². The zero-order valence-corrected chi connectivity index (χ0v) is 20.1. The van der Waals surface area contributed by atoms with Gasteiger partial charge >= 0.3 is 0 Å². The van der Waals surface area contributed by atoms with Crippen LogP contribution in [-0.4, -0.2) is 36.7 Å². The van der Waals surface area contributed by atoms with Crippen LogP contribution < -0.4 is 4.90 Å². The summed E-state index contributed by atoms with van der Waals surface area (Å²) in [6, 6.07) is 16.2. The van der Waals surface area contributed by atoms with Gasteiger partial charge in [-0.3, -0.25) is 4.79 Å². The monoisotopic (exact) mass is 461 g/mol. The van der Waals surface area contributed by atoms with Crippen LogP contribution in [0.2, 0.25) is 5.02 Å². The van der Waals surface area contributed by atoms with E-state index in [4.69, 9.17) is 16.6 Å². The lowest BCUT2D eigenvalue weighted by Gasteiger charge is -2.36. The third-order valence-electron chi connectivity index (χ3n) is 7.22. The molecule has 0 spiro atoms. The Morgan fingerprint density at radius 1 is 1.03 bits per heavy atom. The zero-order chi connectivity index (χ0) is 22.8. The van der Waals surface area contributed by atoms with E-state index in [0.29, 0.717) is 10.9 Å². The minimum atomic E-state index is 0.0647. The highest BCUT2D eigenvalue weighted by molar-refractivity contribution is 6.30. The van der Waals surface area contributed by atoms with E-state index < -0.39 is 0 Å². The number of benzene rings is 2. The van der Waals surface area contributed by atoms with Crippen LogP contribution in [0.1, 0.15) is 50.2 Å². The molecule has 0 radical (unpaired) electrons. The van der Waals surface area contributed by atoms with E-state index in [2.05, 4.69) is 36.1 Å². The predicted octanol–water partition coefficient (Wildman–Crippen LogP) is 6.09. The van der Waals surface area contributed by atoms with Crippen LogP contribution in [0.5, 0.6) is 0 Å². The minimum absolute atomic E-state index is 0.0647. The number of rotatable bonds is 5. The first-order valence-corrected chi connectivity index (χ1v) is 12.6. The number of likely N-dealkylation sites (tertiary alicyclic amines) is 1. The second-order valence-electron chi connectivity index (χ2n) is 9.69. The topological polar surface area (TPSA) is 35.9 Å². The van der Waals surface area contributed by atoms with Crippen molar-refractivity contribution in [3.8, 4) is 0 Å². The molecule has 1 saturated heterocycles. The van der Waals surface area contributed by atoms with Gasteiger partial charge in [0.25, 0.3) is 0 Å². The molecular formula is C28H32ClN3O. The van der Waals surface area contributed by atoms with Crippen molar-refractivity contribution >= 4 is 29.4 Å². The van der Waals surface area contributed by atoms with Crippen LogP contribution in [0.25, 0.3) is 0 Å². The summed E-state index contributed by atoms with van der Waals surface area (Å²) in [6.45, 7) is 4.78. The van der Waals surface area contributed by atoms with Crippen molar-refractivity contribution in [2.24, 2.45) is 16.8 Å². The first-order chi connectivity index (χ1) is 16.1. The number of hydrogen-bond acceptors (Lipinski definition) is 3. The van der Waals surface area contributed by atoms with E-state index in [-0.39, 0.29) is 11.8 Å². The van der Waals surface area contributed by atoms with E-state index >= 15 is 0 Å². The Labute approximate surface area is 202 Å². The molecule has 2 aromatic carbocycles. The van der Waals surface area contributed by atoms with Crippen LogP contribution in [0.4, 0.5) is 5.69 Å². The molecule has 1 saturated carbocycles. The number of fused-ring (bicyclic) bond motifs is 1. The molecule has 0 atom stereocenters. The number of carbonyl (C=O) groups is 1. The third kappa shape index (κ3) is 5.16. The summed E-state index contributed by atoms with van der Waals surface area (Å²) in [6.07, 6.45) is 8.28. The first-order valence-electron chi connectivity index (χ1n) is 12.2. The summed E-state index contributed by atoms with van der Waals surface area (Å²) in [5.74, 6) is 2.08. The van der Waals surface area contributed by atoms with E-state index in [1.165, 1.54) is 29.5 Å². The summed E-state index contributed by atoms with van der Waals surface area (Å²) in [5.41, 5.74) is 4.88. The Morgan fingerprint density at radius 2 is 1.76 bits per heavy atom. The van der Waals surface area contributed by atoms with Gasteiger partial charge in [0.1, 0.15) is 5.82 Å². The molecule has 5 rings (SSSR count). The number of halogens is 1. The molecular weight excluding hydrogens is 430 g/mol. The lowest BCUT2D eigenvalue weighted by atomic mass is 9.94. The van der Waals surface area contributed by atoms with Crippen LogP contribution in [0.3, 0.4) is 0 Å². The number of hydrogen-bond donors (Lipinski definition) is 0. The van der Waals surface area contributed by atoms with Crippen molar-refractivity contribution in [2.45, 2.75) is 45.4 Å². The molecule has 2 heterocycles. The number of aryl methyl sites for hydroxylation is 1. The number of piperidine rings is 1. The summed E-state index contributed by atoms with van der Waals surface area (Å²) in [7, 11) is 0. The van der Waals surface area contributed by atoms with Crippen LogP contribution in [0, 0.1) is 11.8 Å². The fraction of sp³-hybridized carbons (Fsp3) is 0.429. The standard InChI is InChI=1S/C28H32ClN3O/c1-20-6-9-22-4-2-3-5-24(22)18-30-27(20)31-16-14-23(15-17-31)28(33)32(19-21-7-8-21)26-12-10-25(29)11-13-26/h2-5,10-13,18,21,23H,6-9,14-17,19H2,1H3. The molecule has 2 aromatic rings. The quantitative estimate of drug-likeness (QED) is 0.540. The normalized spacial score (nSPS) is 19.2. The summed E-state index contributed by atoms with van der Waals surface area (Å²) < 4.78 is 0. The summed E-state index contributed by atoms with van der Waals surface area (Å²) >= 11 is 6.09. The number of amides is 1. The molecule has 1 amide bonds. The van der Waals surface area contributed by atoms with Gasteiger partial charge in [0.05, 0.1) is 0 Å². The van der Waals surface area contributed by atoms with E-state index in [1.54, 1.807) is 0 Å². The molecule has 0 unspecified atom stereocenters. The number of anilines is 1. The summed E-state index contributed by atoms with van der Waals surface area (Å²) in [5, 5.41) is 0.705. The van der Waals surface area contributed by atoms with Crippen LogP contribution >= 0.6 is 11.6 Å². The number of aliphatic imine (C=N–C) groups is 1. The Balaban J connectivity index is 1.27. The average Bonchev–Trinajstić information content (AvgIpc) is 3.66. The number of allylic oxidation sites excluding steroid dienone is 1. The van der Waals surface area contributed by atoms with Crippen LogP contribution in [-0.2, 0) is 11.2 Å². The zero-order valence-electron chi connectivity index (χ0n) is 19.3. The van der Waals surface area contributed by atoms with E-state index in [9.17, 15) is 4.79 Å². The fourth-order valence-corrected chi connectivity index (χ4v) is 5.10. The highest BCUT2D eigenvalue weighted by atomic mass is 35.5.